The Bertz CT molecular complexity index is 1280. The average Bonchev–Trinajstić information content (AvgIpc) is 3.50. The first kappa shape index (κ1) is 23.4. The van der Waals surface area contributed by atoms with Gasteiger partial charge in [-0.05, 0) is 59.7 Å². The minimum atomic E-state index is -0.281. The Labute approximate surface area is 215 Å². The van der Waals surface area contributed by atoms with Crippen molar-refractivity contribution in [2.24, 2.45) is 0 Å². The van der Waals surface area contributed by atoms with E-state index in [1.54, 1.807) is 7.11 Å². The van der Waals surface area contributed by atoms with Gasteiger partial charge in [0.2, 0.25) is 11.8 Å². The molecule has 0 amide bonds. The number of pyridine rings is 1. The predicted octanol–water partition coefficient (Wildman–Crippen LogP) is 4.81. The van der Waals surface area contributed by atoms with Gasteiger partial charge in [0.25, 0.3) is 0 Å². The molecule has 1 aromatic heterocycles. The molecule has 0 radical (unpaired) electrons. The summed E-state index contributed by atoms with van der Waals surface area (Å²) in [7, 11) is 1.60. The van der Waals surface area contributed by atoms with Crippen molar-refractivity contribution in [3.63, 3.8) is 0 Å². The molecule has 0 spiro atoms. The number of ether oxygens (including phenoxy) is 4. The molecule has 0 saturated carbocycles. The Morgan fingerprint density at radius 2 is 1.94 bits per heavy atom. The third-order valence-corrected chi connectivity index (χ3v) is 7.41. The normalized spacial score (nSPS) is 20.9. The zero-order valence-corrected chi connectivity index (χ0v) is 21.0. The van der Waals surface area contributed by atoms with Crippen molar-refractivity contribution < 1.29 is 24.1 Å². The maximum absolute atomic E-state index is 9.84. The highest BCUT2D eigenvalue weighted by molar-refractivity contribution is 6.31. The summed E-state index contributed by atoms with van der Waals surface area (Å²) in [5.41, 5.74) is 5.58. The number of aliphatic hydroxyl groups excluding tert-OH is 1. The van der Waals surface area contributed by atoms with Gasteiger partial charge in [-0.15, -0.1) is 0 Å². The summed E-state index contributed by atoms with van der Waals surface area (Å²) < 4.78 is 23.4. The Morgan fingerprint density at radius 3 is 2.75 bits per heavy atom. The Balaban J connectivity index is 1.25. The highest BCUT2D eigenvalue weighted by atomic mass is 35.5. The van der Waals surface area contributed by atoms with Gasteiger partial charge in [0.1, 0.15) is 24.3 Å². The molecule has 1 aliphatic carbocycles. The molecule has 0 bridgehead atoms. The van der Waals surface area contributed by atoms with Crippen LogP contribution in [0, 0.1) is 0 Å². The van der Waals surface area contributed by atoms with Gasteiger partial charge in [0, 0.05) is 25.2 Å². The fraction of sp³-hybridized carbons (Fsp3) is 0.393. The lowest BCUT2D eigenvalue weighted by Gasteiger charge is -2.20. The molecule has 6 rings (SSSR count). The van der Waals surface area contributed by atoms with Crippen molar-refractivity contribution in [3.05, 3.63) is 64.2 Å². The van der Waals surface area contributed by atoms with E-state index in [1.165, 1.54) is 11.1 Å². The maximum atomic E-state index is 9.84. The van der Waals surface area contributed by atoms with E-state index in [-0.39, 0.29) is 12.2 Å². The summed E-state index contributed by atoms with van der Waals surface area (Å²) in [5, 5.41) is 10.3. The van der Waals surface area contributed by atoms with Gasteiger partial charge in [-0.3, -0.25) is 4.90 Å². The number of hydrogen-bond donors (Lipinski definition) is 1. The summed E-state index contributed by atoms with van der Waals surface area (Å²) in [6, 6.07) is 14.3. The van der Waals surface area contributed by atoms with Gasteiger partial charge in [-0.1, -0.05) is 35.9 Å². The first-order chi connectivity index (χ1) is 17.6. The Hall–Kier alpha value is -3.00. The molecule has 3 heterocycles. The summed E-state index contributed by atoms with van der Waals surface area (Å²) in [5.74, 6) is 2.45. The topological polar surface area (TPSA) is 73.3 Å². The number of aromatic nitrogens is 1. The van der Waals surface area contributed by atoms with Crippen LogP contribution in [0.1, 0.15) is 35.6 Å². The van der Waals surface area contributed by atoms with Crippen LogP contribution in [0.4, 0.5) is 0 Å². The first-order valence-corrected chi connectivity index (χ1v) is 12.8. The van der Waals surface area contributed by atoms with E-state index in [4.69, 9.17) is 30.5 Å². The molecule has 2 atom stereocenters. The maximum Gasteiger partial charge on any atom is 0.236 e. The molecular weight excluding hydrogens is 480 g/mol. The zero-order valence-electron chi connectivity index (χ0n) is 20.2. The number of β-amino-alcohol motifs (C(OH)–C–C–N with tert-alkyl or cyclic N) is 1. The Kier molecular flexibility index (Phi) is 6.37. The lowest BCUT2D eigenvalue weighted by molar-refractivity contribution is 0.171. The number of nitrogens with zero attached hydrogens (tertiary/aromatic N) is 2. The molecule has 0 unspecified atom stereocenters. The van der Waals surface area contributed by atoms with Crippen molar-refractivity contribution in [2.45, 2.75) is 38.0 Å². The van der Waals surface area contributed by atoms with Crippen LogP contribution in [0.5, 0.6) is 23.3 Å². The van der Waals surface area contributed by atoms with Crippen LogP contribution in [-0.4, -0.2) is 54.5 Å². The molecular formula is C28H29ClN2O5. The van der Waals surface area contributed by atoms with Crippen molar-refractivity contribution in [2.75, 3.05) is 33.4 Å². The third kappa shape index (κ3) is 4.47. The number of methoxy groups -OCH3 is 1. The van der Waals surface area contributed by atoms with Gasteiger partial charge < -0.3 is 24.1 Å². The second-order valence-electron chi connectivity index (χ2n) is 9.50. The van der Waals surface area contributed by atoms with Crippen LogP contribution >= 0.6 is 11.6 Å². The lowest BCUT2D eigenvalue weighted by atomic mass is 9.96. The average molecular weight is 509 g/mol. The van der Waals surface area contributed by atoms with Crippen molar-refractivity contribution in [1.29, 1.82) is 0 Å². The van der Waals surface area contributed by atoms with E-state index in [0.29, 0.717) is 43.1 Å². The van der Waals surface area contributed by atoms with E-state index in [9.17, 15) is 5.11 Å². The van der Waals surface area contributed by atoms with Crippen LogP contribution in [0.15, 0.2) is 42.5 Å². The minimum Gasteiger partial charge on any atom is -0.486 e. The second kappa shape index (κ2) is 9.81. The summed E-state index contributed by atoms with van der Waals surface area (Å²) in [6.45, 7) is 3.25. The number of rotatable bonds is 6. The summed E-state index contributed by atoms with van der Waals surface area (Å²) in [6.07, 6.45) is 2.09. The number of hydrogen-bond acceptors (Lipinski definition) is 7. The number of benzene rings is 2. The standard InChI is InChI=1S/C28H29ClN2O5/c1-33-27-18(15-31-10-9-19(32)16-31)13-23(29)28(30-27)36-24-8-6-21-20(3-2-4-22(21)24)17-5-7-25-26(14-17)35-12-11-34-25/h2-5,7,13-14,19,24,32H,6,8-12,15-16H2,1H3/t19-,24+/m1/s1. The van der Waals surface area contributed by atoms with Crippen molar-refractivity contribution in [3.8, 4) is 34.4 Å². The van der Waals surface area contributed by atoms with Crippen LogP contribution in [0.2, 0.25) is 5.02 Å². The molecule has 3 aliphatic rings. The van der Waals surface area contributed by atoms with E-state index in [0.717, 1.165) is 54.0 Å². The van der Waals surface area contributed by atoms with Crippen molar-refractivity contribution in [1.82, 2.24) is 9.88 Å². The molecule has 1 saturated heterocycles. The van der Waals surface area contributed by atoms with E-state index < -0.39 is 0 Å². The second-order valence-corrected chi connectivity index (χ2v) is 9.91. The van der Waals surface area contributed by atoms with E-state index in [1.807, 2.05) is 12.1 Å². The quantitative estimate of drug-likeness (QED) is 0.512. The molecule has 2 aromatic carbocycles. The molecule has 8 heteroatoms. The SMILES string of the molecule is COc1nc(O[C@H]2CCc3c(-c4ccc5c(c4)OCCO5)cccc32)c(Cl)cc1CN1CC[C@@H](O)C1. The molecule has 3 aromatic rings. The molecule has 1 N–H and O–H groups in total. The molecule has 188 valence electrons. The predicted molar refractivity (Wildman–Crippen MR) is 136 cm³/mol. The van der Waals surface area contributed by atoms with Crippen LogP contribution < -0.4 is 18.9 Å². The Morgan fingerprint density at radius 1 is 1.08 bits per heavy atom. The van der Waals surface area contributed by atoms with Crippen LogP contribution in [0.3, 0.4) is 0 Å². The third-order valence-electron chi connectivity index (χ3n) is 7.14. The fourth-order valence-corrected chi connectivity index (χ4v) is 5.64. The zero-order chi connectivity index (χ0) is 24.6. The molecule has 1 fully saturated rings. The van der Waals surface area contributed by atoms with Crippen LogP contribution in [-0.2, 0) is 13.0 Å². The molecule has 36 heavy (non-hydrogen) atoms. The number of halogens is 1. The highest BCUT2D eigenvalue weighted by Gasteiger charge is 2.29. The van der Waals surface area contributed by atoms with Gasteiger partial charge in [-0.25, -0.2) is 0 Å². The van der Waals surface area contributed by atoms with E-state index in [2.05, 4.69) is 40.2 Å². The summed E-state index contributed by atoms with van der Waals surface area (Å²) >= 11 is 6.64. The highest BCUT2D eigenvalue weighted by Crippen LogP contribution is 2.43. The van der Waals surface area contributed by atoms with Gasteiger partial charge >= 0.3 is 0 Å². The number of likely N-dealkylation sites (tertiary alicyclic amines) is 1. The summed E-state index contributed by atoms with van der Waals surface area (Å²) in [4.78, 5) is 6.80. The van der Waals surface area contributed by atoms with Crippen LogP contribution in [0.25, 0.3) is 11.1 Å². The number of aliphatic hydroxyl groups is 1. The van der Waals surface area contributed by atoms with Crippen molar-refractivity contribution >= 4 is 11.6 Å². The first-order valence-electron chi connectivity index (χ1n) is 12.4. The molecule has 2 aliphatic heterocycles. The largest absolute Gasteiger partial charge is 0.486 e. The van der Waals surface area contributed by atoms with E-state index >= 15 is 0 Å². The number of fused-ring (bicyclic) bond motifs is 2. The monoisotopic (exact) mass is 508 g/mol. The molecule has 7 nitrogen and oxygen atoms in total. The van der Waals surface area contributed by atoms with Gasteiger partial charge in [0.15, 0.2) is 11.5 Å². The lowest BCUT2D eigenvalue weighted by Crippen LogP contribution is -2.22. The van der Waals surface area contributed by atoms with Gasteiger partial charge in [-0.2, -0.15) is 4.98 Å². The smallest absolute Gasteiger partial charge is 0.236 e. The minimum absolute atomic E-state index is 0.147. The van der Waals surface area contributed by atoms with Gasteiger partial charge in [0.05, 0.1) is 13.2 Å². The fourth-order valence-electron chi connectivity index (χ4n) is 5.42.